The number of carbonyl (C=O) groups excluding carboxylic acids is 1. The van der Waals surface area contributed by atoms with Crippen LogP contribution in [-0.4, -0.2) is 52.6 Å². The standard InChI is InChI=1S/C29H33N3O3.CH4/c33-26(30-14-6-7-15-30)19-31-16-17-32-25-18-21(29(34)35)12-13-22(25)27(20-8-2-1-3-9-20)28(32)23-10-4-5-11-24(23)31;/h4-5,10-13,18,20H,1-3,6-9,14-17,19H2,(H,34,35);1H4. The molecule has 0 bridgehead atoms. The van der Waals surface area contributed by atoms with Gasteiger partial charge in [0.15, 0.2) is 0 Å². The predicted octanol–water partition coefficient (Wildman–Crippen LogP) is 6.13. The average molecular weight is 488 g/mol. The summed E-state index contributed by atoms with van der Waals surface area (Å²) in [7, 11) is 0. The van der Waals surface area contributed by atoms with Crippen molar-refractivity contribution in [3.8, 4) is 11.3 Å². The molecule has 2 aromatic carbocycles. The quantitative estimate of drug-likeness (QED) is 0.481. The minimum absolute atomic E-state index is 0. The van der Waals surface area contributed by atoms with E-state index in [2.05, 4.69) is 33.7 Å². The number of aromatic nitrogens is 1. The summed E-state index contributed by atoms with van der Waals surface area (Å²) in [4.78, 5) is 29.2. The lowest BCUT2D eigenvalue weighted by Crippen LogP contribution is -2.40. The zero-order valence-electron chi connectivity index (χ0n) is 20.2. The first kappa shape index (κ1) is 24.4. The molecule has 2 aliphatic heterocycles. The lowest BCUT2D eigenvalue weighted by atomic mass is 9.81. The number of likely N-dealkylation sites (tertiary alicyclic amines) is 1. The van der Waals surface area contributed by atoms with Crippen LogP contribution in [-0.2, 0) is 11.3 Å². The van der Waals surface area contributed by atoms with Crippen LogP contribution >= 0.6 is 0 Å². The number of nitrogens with zero attached hydrogens (tertiary/aromatic N) is 3. The largest absolute Gasteiger partial charge is 0.478 e. The van der Waals surface area contributed by atoms with Crippen molar-refractivity contribution in [2.75, 3.05) is 31.1 Å². The number of amides is 1. The molecule has 190 valence electrons. The average Bonchev–Trinajstić information content (AvgIpc) is 3.50. The number of hydrogen-bond acceptors (Lipinski definition) is 3. The lowest BCUT2D eigenvalue weighted by molar-refractivity contribution is -0.128. The topological polar surface area (TPSA) is 65.8 Å². The van der Waals surface area contributed by atoms with Crippen LogP contribution in [0.25, 0.3) is 22.2 Å². The molecule has 1 aromatic heterocycles. The van der Waals surface area contributed by atoms with Gasteiger partial charge in [-0.05, 0) is 55.4 Å². The van der Waals surface area contributed by atoms with E-state index in [1.165, 1.54) is 48.7 Å². The maximum Gasteiger partial charge on any atom is 0.335 e. The van der Waals surface area contributed by atoms with Gasteiger partial charge < -0.3 is 19.5 Å². The predicted molar refractivity (Wildman–Crippen MR) is 145 cm³/mol. The van der Waals surface area contributed by atoms with Crippen molar-refractivity contribution < 1.29 is 14.7 Å². The molecule has 1 saturated heterocycles. The molecule has 3 aromatic rings. The highest BCUT2D eigenvalue weighted by Crippen LogP contribution is 2.47. The van der Waals surface area contributed by atoms with E-state index in [0.717, 1.165) is 55.8 Å². The highest BCUT2D eigenvalue weighted by molar-refractivity contribution is 6.00. The van der Waals surface area contributed by atoms with Crippen molar-refractivity contribution in [3.63, 3.8) is 0 Å². The fourth-order valence-corrected chi connectivity index (χ4v) is 6.52. The second-order valence-electron chi connectivity index (χ2n) is 10.3. The smallest absolute Gasteiger partial charge is 0.335 e. The fourth-order valence-electron chi connectivity index (χ4n) is 6.52. The Morgan fingerprint density at radius 1 is 0.889 bits per heavy atom. The minimum Gasteiger partial charge on any atom is -0.478 e. The van der Waals surface area contributed by atoms with Crippen molar-refractivity contribution >= 4 is 28.5 Å². The molecule has 0 spiro atoms. The van der Waals surface area contributed by atoms with Gasteiger partial charge in [-0.1, -0.05) is 51.0 Å². The molecule has 6 nitrogen and oxygen atoms in total. The van der Waals surface area contributed by atoms with E-state index in [4.69, 9.17) is 0 Å². The van der Waals surface area contributed by atoms with E-state index in [-0.39, 0.29) is 13.3 Å². The fraction of sp³-hybridized carbons (Fsp3) is 0.467. The highest BCUT2D eigenvalue weighted by atomic mass is 16.4. The monoisotopic (exact) mass is 487 g/mol. The summed E-state index contributed by atoms with van der Waals surface area (Å²) in [6.07, 6.45) is 8.30. The van der Waals surface area contributed by atoms with Gasteiger partial charge in [-0.15, -0.1) is 0 Å². The molecule has 6 rings (SSSR count). The third-order valence-corrected chi connectivity index (χ3v) is 8.24. The van der Waals surface area contributed by atoms with Gasteiger partial charge in [0.1, 0.15) is 0 Å². The summed E-state index contributed by atoms with van der Waals surface area (Å²) in [6, 6.07) is 14.1. The number of benzene rings is 2. The van der Waals surface area contributed by atoms with Crippen molar-refractivity contribution in [1.82, 2.24) is 9.47 Å². The first-order chi connectivity index (χ1) is 17.1. The normalized spacial score (nSPS) is 17.9. The van der Waals surface area contributed by atoms with E-state index < -0.39 is 5.97 Å². The first-order valence-corrected chi connectivity index (χ1v) is 13.1. The van der Waals surface area contributed by atoms with Gasteiger partial charge in [0.2, 0.25) is 5.91 Å². The zero-order chi connectivity index (χ0) is 23.9. The minimum atomic E-state index is -0.895. The molecular formula is C30H37N3O3. The third kappa shape index (κ3) is 4.16. The van der Waals surface area contributed by atoms with E-state index in [1.54, 1.807) is 6.07 Å². The van der Waals surface area contributed by atoms with Crippen molar-refractivity contribution in [1.29, 1.82) is 0 Å². The van der Waals surface area contributed by atoms with Crippen molar-refractivity contribution in [3.05, 3.63) is 53.6 Å². The van der Waals surface area contributed by atoms with Crippen LogP contribution in [0.2, 0.25) is 0 Å². The van der Waals surface area contributed by atoms with Gasteiger partial charge in [-0.25, -0.2) is 4.79 Å². The van der Waals surface area contributed by atoms with Gasteiger partial charge in [0, 0.05) is 48.3 Å². The number of aromatic carboxylic acids is 1. The van der Waals surface area contributed by atoms with Crippen LogP contribution in [0.3, 0.4) is 0 Å². The number of carbonyl (C=O) groups is 2. The molecule has 0 unspecified atom stereocenters. The summed E-state index contributed by atoms with van der Waals surface area (Å²) in [5.74, 6) is -0.216. The van der Waals surface area contributed by atoms with E-state index in [1.807, 2.05) is 17.0 Å². The van der Waals surface area contributed by atoms with Gasteiger partial charge in [0.25, 0.3) is 0 Å². The van der Waals surface area contributed by atoms with E-state index >= 15 is 0 Å². The second-order valence-corrected chi connectivity index (χ2v) is 10.3. The Hall–Kier alpha value is -3.28. The molecule has 0 atom stereocenters. The molecular weight excluding hydrogens is 450 g/mol. The molecule has 1 N–H and O–H groups in total. The van der Waals surface area contributed by atoms with Crippen LogP contribution in [0.15, 0.2) is 42.5 Å². The molecule has 6 heteroatoms. The van der Waals surface area contributed by atoms with Crippen LogP contribution in [0.5, 0.6) is 0 Å². The van der Waals surface area contributed by atoms with Gasteiger partial charge in [-0.3, -0.25) is 4.79 Å². The Morgan fingerprint density at radius 3 is 2.39 bits per heavy atom. The van der Waals surface area contributed by atoms with Gasteiger partial charge in [-0.2, -0.15) is 0 Å². The molecule has 0 radical (unpaired) electrons. The third-order valence-electron chi connectivity index (χ3n) is 8.24. The Bertz CT molecular complexity index is 1280. The molecule has 3 aliphatic rings. The maximum absolute atomic E-state index is 13.1. The van der Waals surface area contributed by atoms with E-state index in [9.17, 15) is 14.7 Å². The number of anilines is 1. The number of hydrogen-bond donors (Lipinski definition) is 1. The number of para-hydroxylation sites is 1. The summed E-state index contributed by atoms with van der Waals surface area (Å²) in [5, 5.41) is 10.9. The molecule has 1 aliphatic carbocycles. The number of fused-ring (bicyclic) bond motifs is 5. The Kier molecular flexibility index (Phi) is 6.78. The van der Waals surface area contributed by atoms with Crippen LogP contribution in [0.4, 0.5) is 5.69 Å². The second kappa shape index (κ2) is 10.00. The molecule has 3 heterocycles. The number of rotatable bonds is 4. The molecule has 1 amide bonds. The van der Waals surface area contributed by atoms with Crippen LogP contribution in [0, 0.1) is 0 Å². The lowest BCUT2D eigenvalue weighted by Gasteiger charge is -2.27. The van der Waals surface area contributed by atoms with Crippen molar-refractivity contribution in [2.45, 2.75) is 64.8 Å². The summed E-state index contributed by atoms with van der Waals surface area (Å²) >= 11 is 0. The Labute approximate surface area is 213 Å². The Morgan fingerprint density at radius 2 is 1.64 bits per heavy atom. The number of carboxylic acids is 1. The van der Waals surface area contributed by atoms with E-state index in [0.29, 0.717) is 18.0 Å². The van der Waals surface area contributed by atoms with Gasteiger partial charge in [0.05, 0.1) is 17.8 Å². The molecule has 36 heavy (non-hydrogen) atoms. The Balaban J connectivity index is 0.00000267. The number of carboxylic acid groups (broad SMARTS) is 1. The first-order valence-electron chi connectivity index (χ1n) is 13.1. The summed E-state index contributed by atoms with van der Waals surface area (Å²) in [5.41, 5.74) is 6.19. The maximum atomic E-state index is 13.1. The van der Waals surface area contributed by atoms with Crippen LogP contribution < -0.4 is 4.90 Å². The molecule has 2 fully saturated rings. The zero-order valence-corrected chi connectivity index (χ0v) is 20.2. The molecule has 1 saturated carbocycles. The van der Waals surface area contributed by atoms with Crippen LogP contribution in [0.1, 0.15) is 74.2 Å². The summed E-state index contributed by atoms with van der Waals surface area (Å²) in [6.45, 7) is 3.56. The van der Waals surface area contributed by atoms with Crippen molar-refractivity contribution in [2.24, 2.45) is 0 Å². The highest BCUT2D eigenvalue weighted by Gasteiger charge is 2.31. The SMILES string of the molecule is C.O=C(O)c1ccc2c(C3CCCCC3)c3n(c2c1)CCN(CC(=O)N1CCCC1)c1ccccc1-3. The van der Waals surface area contributed by atoms with Gasteiger partial charge >= 0.3 is 5.97 Å². The summed E-state index contributed by atoms with van der Waals surface area (Å²) < 4.78 is 2.34.